The summed E-state index contributed by atoms with van der Waals surface area (Å²) in [7, 11) is 0. The number of nitrogens with one attached hydrogen (secondary N) is 1. The van der Waals surface area contributed by atoms with Crippen molar-refractivity contribution in [2.24, 2.45) is 5.92 Å². The van der Waals surface area contributed by atoms with Crippen LogP contribution in [0.25, 0.3) is 0 Å². The van der Waals surface area contributed by atoms with Crippen LogP contribution in [0.3, 0.4) is 0 Å². The summed E-state index contributed by atoms with van der Waals surface area (Å²) in [6, 6.07) is 15.6. The number of carbonyl (C=O) groups excluding carboxylic acids is 1. The van der Waals surface area contributed by atoms with Crippen molar-refractivity contribution >= 4 is 29.0 Å². The lowest BCUT2D eigenvalue weighted by atomic mass is 9.97. The second-order valence-electron chi connectivity index (χ2n) is 7.06. The largest absolute Gasteiger partial charge is 0.481 e. The number of ether oxygens (including phenoxy) is 1. The van der Waals surface area contributed by atoms with Crippen molar-refractivity contribution in [2.45, 2.75) is 30.8 Å². The van der Waals surface area contributed by atoms with Crippen molar-refractivity contribution in [1.29, 1.82) is 0 Å². The third-order valence-corrected chi connectivity index (χ3v) is 5.86. The first kappa shape index (κ1) is 20.6. The molecule has 1 saturated heterocycles. The van der Waals surface area contributed by atoms with Gasteiger partial charge in [-0.2, -0.15) is 0 Å². The van der Waals surface area contributed by atoms with E-state index in [1.807, 2.05) is 54.8 Å². The van der Waals surface area contributed by atoms with Gasteiger partial charge in [0.15, 0.2) is 6.10 Å². The number of aliphatic hydroxyl groups excluding tert-OH is 1. The van der Waals surface area contributed by atoms with E-state index in [1.165, 1.54) is 0 Å². The number of benzene rings is 2. The normalized spacial score (nSPS) is 15.9. The molecule has 0 aromatic heterocycles. The predicted molar refractivity (Wildman–Crippen MR) is 115 cm³/mol. The van der Waals surface area contributed by atoms with Crippen molar-refractivity contribution in [1.82, 2.24) is 0 Å². The molecule has 28 heavy (non-hydrogen) atoms. The SMILES string of the molecule is CSc1ccc(O[C@H](C)C(=O)Nc2ccccc2N2CCC(CO)CC2)cc1. The van der Waals surface area contributed by atoms with Crippen LogP contribution in [0.4, 0.5) is 11.4 Å². The molecule has 150 valence electrons. The highest BCUT2D eigenvalue weighted by Gasteiger charge is 2.22. The topological polar surface area (TPSA) is 61.8 Å². The third kappa shape index (κ3) is 5.20. The van der Waals surface area contributed by atoms with E-state index >= 15 is 0 Å². The molecule has 0 spiro atoms. The first-order valence-electron chi connectivity index (χ1n) is 9.67. The predicted octanol–water partition coefficient (Wildman–Crippen LogP) is 4.02. The van der Waals surface area contributed by atoms with Gasteiger partial charge in [0.2, 0.25) is 0 Å². The Morgan fingerprint density at radius 1 is 1.21 bits per heavy atom. The minimum Gasteiger partial charge on any atom is -0.481 e. The third-order valence-electron chi connectivity index (χ3n) is 5.12. The maximum absolute atomic E-state index is 12.7. The quantitative estimate of drug-likeness (QED) is 0.688. The van der Waals surface area contributed by atoms with Crippen molar-refractivity contribution in [3.8, 4) is 5.75 Å². The number of nitrogens with zero attached hydrogens (tertiary/aromatic N) is 1. The molecule has 2 aromatic rings. The van der Waals surface area contributed by atoms with E-state index in [2.05, 4.69) is 10.2 Å². The van der Waals surface area contributed by atoms with Crippen LogP contribution in [0.5, 0.6) is 5.75 Å². The van der Waals surface area contributed by atoms with Crippen molar-refractivity contribution in [3.63, 3.8) is 0 Å². The Morgan fingerprint density at radius 3 is 2.54 bits per heavy atom. The summed E-state index contributed by atoms with van der Waals surface area (Å²) >= 11 is 1.67. The number of thioether (sulfide) groups is 1. The van der Waals surface area contributed by atoms with E-state index < -0.39 is 6.10 Å². The molecular weight excluding hydrogens is 372 g/mol. The molecule has 1 atom stereocenters. The summed E-state index contributed by atoms with van der Waals surface area (Å²) in [6.45, 7) is 3.77. The van der Waals surface area contributed by atoms with Crippen LogP contribution in [-0.4, -0.2) is 43.1 Å². The van der Waals surface area contributed by atoms with Gasteiger partial charge in [0.1, 0.15) is 5.75 Å². The first-order chi connectivity index (χ1) is 13.6. The van der Waals surface area contributed by atoms with Crippen LogP contribution in [0.15, 0.2) is 53.4 Å². The molecule has 3 rings (SSSR count). The fraction of sp³-hybridized carbons (Fsp3) is 0.409. The van der Waals surface area contributed by atoms with E-state index in [1.54, 1.807) is 18.7 Å². The van der Waals surface area contributed by atoms with Crippen molar-refractivity contribution < 1.29 is 14.6 Å². The number of carbonyl (C=O) groups is 1. The van der Waals surface area contributed by atoms with Gasteiger partial charge in [-0.1, -0.05) is 12.1 Å². The fourth-order valence-corrected chi connectivity index (χ4v) is 3.77. The molecule has 0 saturated carbocycles. The molecule has 0 bridgehead atoms. The first-order valence-corrected chi connectivity index (χ1v) is 10.9. The van der Waals surface area contributed by atoms with Crippen LogP contribution in [-0.2, 0) is 4.79 Å². The van der Waals surface area contributed by atoms with Crippen molar-refractivity contribution in [2.75, 3.05) is 36.2 Å². The molecule has 2 aromatic carbocycles. The molecule has 1 heterocycles. The Bertz CT molecular complexity index is 774. The molecule has 1 aliphatic rings. The maximum atomic E-state index is 12.7. The number of rotatable bonds is 7. The second kappa shape index (κ2) is 9.85. The molecular formula is C22H28N2O3S. The maximum Gasteiger partial charge on any atom is 0.265 e. The highest BCUT2D eigenvalue weighted by Crippen LogP contribution is 2.30. The highest BCUT2D eigenvalue weighted by molar-refractivity contribution is 7.98. The molecule has 1 aliphatic heterocycles. The zero-order valence-electron chi connectivity index (χ0n) is 16.4. The zero-order valence-corrected chi connectivity index (χ0v) is 17.2. The summed E-state index contributed by atoms with van der Waals surface area (Å²) in [5.74, 6) is 0.885. The van der Waals surface area contributed by atoms with Gasteiger partial charge in [0, 0.05) is 24.6 Å². The van der Waals surface area contributed by atoms with Crippen LogP contribution < -0.4 is 15.0 Å². The lowest BCUT2D eigenvalue weighted by molar-refractivity contribution is -0.122. The lowest BCUT2D eigenvalue weighted by Gasteiger charge is -2.34. The summed E-state index contributed by atoms with van der Waals surface area (Å²) in [4.78, 5) is 16.1. The summed E-state index contributed by atoms with van der Waals surface area (Å²) in [6.07, 6.45) is 3.35. The number of aliphatic hydroxyl groups is 1. The number of piperidine rings is 1. The molecule has 2 N–H and O–H groups in total. The average molecular weight is 401 g/mol. The van der Waals surface area contributed by atoms with E-state index in [9.17, 15) is 9.90 Å². The fourth-order valence-electron chi connectivity index (χ4n) is 3.36. The van der Waals surface area contributed by atoms with Gasteiger partial charge in [0.05, 0.1) is 11.4 Å². The minimum absolute atomic E-state index is 0.174. The Labute approximate surface area is 171 Å². The average Bonchev–Trinajstić information content (AvgIpc) is 2.74. The van der Waals surface area contributed by atoms with Gasteiger partial charge in [-0.15, -0.1) is 11.8 Å². The van der Waals surface area contributed by atoms with Gasteiger partial charge in [-0.3, -0.25) is 4.79 Å². The van der Waals surface area contributed by atoms with Crippen LogP contribution in [0.2, 0.25) is 0 Å². The Balaban J connectivity index is 1.63. The van der Waals surface area contributed by atoms with E-state index in [0.717, 1.165) is 42.2 Å². The van der Waals surface area contributed by atoms with Gasteiger partial charge < -0.3 is 20.1 Å². The Hall–Kier alpha value is -2.18. The standard InChI is InChI=1S/C22H28N2O3S/c1-16(27-18-7-9-19(28-2)10-8-18)22(26)23-20-5-3-4-6-21(20)24-13-11-17(15-25)12-14-24/h3-10,16-17,25H,11-15H2,1-2H3,(H,23,26)/t16-/m1/s1. The number of hydrogen-bond donors (Lipinski definition) is 2. The number of anilines is 2. The highest BCUT2D eigenvalue weighted by atomic mass is 32.2. The summed E-state index contributed by atoms with van der Waals surface area (Å²) in [5, 5.41) is 12.4. The van der Waals surface area contributed by atoms with Gasteiger partial charge >= 0.3 is 0 Å². The Morgan fingerprint density at radius 2 is 1.89 bits per heavy atom. The van der Waals surface area contributed by atoms with E-state index in [4.69, 9.17) is 4.74 Å². The van der Waals surface area contributed by atoms with Crippen molar-refractivity contribution in [3.05, 3.63) is 48.5 Å². The number of hydrogen-bond acceptors (Lipinski definition) is 5. The molecule has 0 radical (unpaired) electrons. The molecule has 5 nitrogen and oxygen atoms in total. The lowest BCUT2D eigenvalue weighted by Crippen LogP contribution is -2.36. The summed E-state index contributed by atoms with van der Waals surface area (Å²) in [5.41, 5.74) is 1.81. The number of para-hydroxylation sites is 2. The Kier molecular flexibility index (Phi) is 7.23. The minimum atomic E-state index is -0.603. The summed E-state index contributed by atoms with van der Waals surface area (Å²) < 4.78 is 5.80. The van der Waals surface area contributed by atoms with E-state index in [-0.39, 0.29) is 12.5 Å². The smallest absolute Gasteiger partial charge is 0.265 e. The van der Waals surface area contributed by atoms with Crippen LogP contribution >= 0.6 is 11.8 Å². The van der Waals surface area contributed by atoms with Gasteiger partial charge in [0.25, 0.3) is 5.91 Å². The molecule has 6 heteroatoms. The molecule has 1 fully saturated rings. The molecule has 1 amide bonds. The molecule has 0 unspecified atom stereocenters. The molecule has 0 aliphatic carbocycles. The van der Waals surface area contributed by atoms with E-state index in [0.29, 0.717) is 11.7 Å². The van der Waals surface area contributed by atoms with Gasteiger partial charge in [-0.05, 0) is 68.3 Å². The monoisotopic (exact) mass is 400 g/mol. The zero-order chi connectivity index (χ0) is 19.9. The number of amides is 1. The van der Waals surface area contributed by atoms with Crippen LogP contribution in [0, 0.1) is 5.92 Å². The van der Waals surface area contributed by atoms with Gasteiger partial charge in [-0.25, -0.2) is 0 Å². The van der Waals surface area contributed by atoms with Crippen LogP contribution in [0.1, 0.15) is 19.8 Å². The second-order valence-corrected chi connectivity index (χ2v) is 7.93.